The predicted octanol–water partition coefficient (Wildman–Crippen LogP) is 3.61. The van der Waals surface area contributed by atoms with Crippen molar-refractivity contribution in [3.05, 3.63) is 52.1 Å². The second-order valence-electron chi connectivity index (χ2n) is 7.03. The number of carbonyl (C=O) groups excluding carboxylic acids is 1. The van der Waals surface area contributed by atoms with Gasteiger partial charge < -0.3 is 23.8 Å². The maximum absolute atomic E-state index is 13.2. The molecule has 8 nitrogen and oxygen atoms in total. The molecule has 0 aliphatic rings. The maximum atomic E-state index is 13.2. The first-order chi connectivity index (χ1) is 14.4. The van der Waals surface area contributed by atoms with Gasteiger partial charge in [0, 0.05) is 17.6 Å². The van der Waals surface area contributed by atoms with Crippen molar-refractivity contribution in [2.75, 3.05) is 14.2 Å². The molecule has 1 amide bonds. The van der Waals surface area contributed by atoms with Gasteiger partial charge in [-0.2, -0.15) is 0 Å². The molecule has 0 bridgehead atoms. The van der Waals surface area contributed by atoms with Crippen molar-refractivity contribution < 1.29 is 18.7 Å². The van der Waals surface area contributed by atoms with Gasteiger partial charge in [0.05, 0.1) is 37.9 Å². The third-order valence-corrected chi connectivity index (χ3v) is 5.20. The number of fused-ring (bicyclic) bond motifs is 1. The van der Waals surface area contributed by atoms with Crippen molar-refractivity contribution in [2.45, 2.75) is 46.2 Å². The minimum atomic E-state index is -0.331. The minimum absolute atomic E-state index is 0.0177. The van der Waals surface area contributed by atoms with Crippen LogP contribution in [0.2, 0.25) is 0 Å². The third kappa shape index (κ3) is 4.03. The molecule has 0 atom stereocenters. The van der Waals surface area contributed by atoms with Gasteiger partial charge in [0.1, 0.15) is 5.76 Å². The molecule has 1 aromatic carbocycles. The van der Waals surface area contributed by atoms with Gasteiger partial charge >= 0.3 is 0 Å². The summed E-state index contributed by atoms with van der Waals surface area (Å²) in [4.78, 5) is 30.4. The fourth-order valence-corrected chi connectivity index (χ4v) is 3.55. The quantitative estimate of drug-likeness (QED) is 0.606. The Labute approximate surface area is 174 Å². The second kappa shape index (κ2) is 9.02. The summed E-state index contributed by atoms with van der Waals surface area (Å²) in [5.74, 6) is 1.64. The Bertz CT molecular complexity index is 1110. The molecule has 0 fully saturated rings. The average Bonchev–Trinajstić information content (AvgIpc) is 3.18. The van der Waals surface area contributed by atoms with E-state index >= 15 is 0 Å². The fraction of sp³-hybridized carbons (Fsp3) is 0.409. The van der Waals surface area contributed by atoms with Crippen LogP contribution in [0.3, 0.4) is 0 Å². The molecule has 1 N–H and O–H groups in total. The molecule has 0 aliphatic carbocycles. The van der Waals surface area contributed by atoms with E-state index in [0.717, 1.165) is 12.8 Å². The molecule has 2 aromatic heterocycles. The number of pyridine rings is 1. The Hall–Kier alpha value is -3.29. The lowest BCUT2D eigenvalue weighted by atomic mass is 10.0. The van der Waals surface area contributed by atoms with Crippen molar-refractivity contribution in [3.63, 3.8) is 0 Å². The lowest BCUT2D eigenvalue weighted by Crippen LogP contribution is -2.29. The summed E-state index contributed by atoms with van der Waals surface area (Å²) in [5, 5.41) is 3.73. The van der Waals surface area contributed by atoms with Crippen LogP contribution >= 0.6 is 0 Å². The van der Waals surface area contributed by atoms with Crippen LogP contribution in [0.25, 0.3) is 10.8 Å². The summed E-state index contributed by atoms with van der Waals surface area (Å²) in [5.41, 5.74) is 0.209. The highest BCUT2D eigenvalue weighted by Gasteiger charge is 2.21. The fourth-order valence-electron chi connectivity index (χ4n) is 3.55. The van der Waals surface area contributed by atoms with Crippen LogP contribution < -0.4 is 20.3 Å². The summed E-state index contributed by atoms with van der Waals surface area (Å²) >= 11 is 0. The molecule has 0 aliphatic heterocycles. The zero-order chi connectivity index (χ0) is 21.8. The predicted molar refractivity (Wildman–Crippen MR) is 113 cm³/mol. The minimum Gasteiger partial charge on any atom is -0.493 e. The molecule has 0 saturated heterocycles. The number of carbonyl (C=O) groups is 1. The normalized spacial score (nSPS) is 11.1. The topological polar surface area (TPSA) is 95.6 Å². The number of aryl methyl sites for hydroxylation is 1. The van der Waals surface area contributed by atoms with Crippen molar-refractivity contribution in [1.29, 1.82) is 0 Å². The van der Waals surface area contributed by atoms with Gasteiger partial charge in [0.2, 0.25) is 5.89 Å². The monoisotopic (exact) mass is 413 g/mol. The van der Waals surface area contributed by atoms with E-state index in [1.807, 2.05) is 13.8 Å². The van der Waals surface area contributed by atoms with E-state index in [-0.39, 0.29) is 24.1 Å². The Balaban J connectivity index is 2.15. The van der Waals surface area contributed by atoms with Crippen molar-refractivity contribution >= 4 is 16.7 Å². The molecule has 0 radical (unpaired) electrons. The zero-order valence-electron chi connectivity index (χ0n) is 17.9. The third-order valence-electron chi connectivity index (χ3n) is 5.20. The number of hydrogen-bond acceptors (Lipinski definition) is 6. The number of nitrogens with one attached hydrogen (secondary N) is 1. The molecule has 2 heterocycles. The molecule has 8 heteroatoms. The number of hydrogen-bond donors (Lipinski definition) is 1. The van der Waals surface area contributed by atoms with Crippen molar-refractivity contribution in [2.24, 2.45) is 0 Å². The Kier molecular flexibility index (Phi) is 6.44. The summed E-state index contributed by atoms with van der Waals surface area (Å²) in [6.45, 7) is 5.97. The lowest BCUT2D eigenvalue weighted by molar-refractivity contribution is 0.0947. The SMILES string of the molecule is CCC(CC)n1cc(C(=O)NCc2ncc(C)o2)c2cc(OC)c(OC)cc2c1=O. The van der Waals surface area contributed by atoms with Crippen molar-refractivity contribution in [1.82, 2.24) is 14.9 Å². The van der Waals surface area contributed by atoms with E-state index < -0.39 is 0 Å². The number of ether oxygens (including phenoxy) is 2. The van der Waals surface area contributed by atoms with Crippen LogP contribution in [-0.2, 0) is 6.54 Å². The Morgan fingerprint density at radius 3 is 2.33 bits per heavy atom. The number of methoxy groups -OCH3 is 2. The van der Waals surface area contributed by atoms with E-state index in [9.17, 15) is 9.59 Å². The van der Waals surface area contributed by atoms with Gasteiger partial charge in [-0.3, -0.25) is 9.59 Å². The largest absolute Gasteiger partial charge is 0.493 e. The molecule has 3 aromatic rings. The molecule has 3 rings (SSSR count). The molecular formula is C22H27N3O5. The smallest absolute Gasteiger partial charge is 0.258 e. The standard InChI is InChI=1S/C22H27N3O5/c1-6-14(7-2)25-12-17(21(26)24-11-20-23-10-13(3)30-20)15-8-18(28-4)19(29-5)9-16(15)22(25)27/h8-10,12,14H,6-7,11H2,1-5H3,(H,24,26). The summed E-state index contributed by atoms with van der Waals surface area (Å²) in [7, 11) is 3.03. The van der Waals surface area contributed by atoms with Crippen LogP contribution in [0.15, 0.2) is 33.7 Å². The highest BCUT2D eigenvalue weighted by molar-refractivity contribution is 6.07. The first kappa shape index (κ1) is 21.4. The van der Waals surface area contributed by atoms with Crippen LogP contribution in [0, 0.1) is 6.92 Å². The number of aromatic nitrogens is 2. The van der Waals surface area contributed by atoms with Gasteiger partial charge in [0.25, 0.3) is 11.5 Å². The summed E-state index contributed by atoms with van der Waals surface area (Å²) in [6, 6.07) is 3.27. The molecule has 0 saturated carbocycles. The lowest BCUT2D eigenvalue weighted by Gasteiger charge is -2.20. The van der Waals surface area contributed by atoms with Gasteiger partial charge in [0.15, 0.2) is 11.5 Å². The number of amides is 1. The maximum Gasteiger partial charge on any atom is 0.258 e. The number of rotatable bonds is 8. The van der Waals surface area contributed by atoms with E-state index in [2.05, 4.69) is 10.3 Å². The van der Waals surface area contributed by atoms with Gasteiger partial charge in [-0.15, -0.1) is 0 Å². The van der Waals surface area contributed by atoms with Gasteiger partial charge in [-0.05, 0) is 31.9 Å². The Morgan fingerprint density at radius 1 is 1.17 bits per heavy atom. The number of oxazole rings is 1. The highest BCUT2D eigenvalue weighted by atomic mass is 16.5. The van der Waals surface area contributed by atoms with Crippen LogP contribution in [0.5, 0.6) is 11.5 Å². The van der Waals surface area contributed by atoms with Crippen molar-refractivity contribution in [3.8, 4) is 11.5 Å². The van der Waals surface area contributed by atoms with Crippen LogP contribution in [0.1, 0.15) is 54.7 Å². The zero-order valence-corrected chi connectivity index (χ0v) is 17.9. The van der Waals surface area contributed by atoms with Crippen LogP contribution in [-0.4, -0.2) is 29.7 Å². The van der Waals surface area contributed by atoms with Gasteiger partial charge in [-0.1, -0.05) is 13.8 Å². The van der Waals surface area contributed by atoms with E-state index in [4.69, 9.17) is 13.9 Å². The molecule has 0 unspecified atom stereocenters. The number of benzene rings is 1. The molecule has 30 heavy (non-hydrogen) atoms. The van der Waals surface area contributed by atoms with E-state index in [1.165, 1.54) is 14.2 Å². The average molecular weight is 413 g/mol. The highest BCUT2D eigenvalue weighted by Crippen LogP contribution is 2.33. The van der Waals surface area contributed by atoms with E-state index in [0.29, 0.717) is 39.5 Å². The van der Waals surface area contributed by atoms with Gasteiger partial charge in [-0.25, -0.2) is 4.98 Å². The van der Waals surface area contributed by atoms with E-state index in [1.54, 1.807) is 36.0 Å². The first-order valence-electron chi connectivity index (χ1n) is 9.93. The summed E-state index contributed by atoms with van der Waals surface area (Å²) < 4.78 is 17.8. The molecule has 160 valence electrons. The first-order valence-corrected chi connectivity index (χ1v) is 9.93. The van der Waals surface area contributed by atoms with Crippen LogP contribution in [0.4, 0.5) is 0 Å². The molecular weight excluding hydrogens is 386 g/mol. The summed E-state index contributed by atoms with van der Waals surface area (Å²) in [6.07, 6.45) is 4.77. The number of nitrogens with zero attached hydrogens (tertiary/aromatic N) is 2. The molecule has 0 spiro atoms. The Morgan fingerprint density at radius 2 is 1.80 bits per heavy atom. The second-order valence-corrected chi connectivity index (χ2v) is 7.03.